The quantitative estimate of drug-likeness (QED) is 0.0707. The minimum Gasteiger partial charge on any atom is -0.481 e. The Bertz CT molecular complexity index is 2090. The molecular weight excluding hydrogens is 743 g/mol. The number of nitrogens with zero attached hydrogens (tertiary/aromatic N) is 2. The fraction of sp³-hybridized carbons (Fsp3) is 0.500. The molecule has 318 valence electrons. The van der Waals surface area contributed by atoms with Crippen LogP contribution < -0.4 is 5.32 Å². The van der Waals surface area contributed by atoms with Gasteiger partial charge in [0.05, 0.1) is 48.2 Å². The molecule has 8 bridgehead atoms. The van der Waals surface area contributed by atoms with E-state index in [1.54, 1.807) is 13.8 Å². The molecular formula is C44H63N5O9. The van der Waals surface area contributed by atoms with Gasteiger partial charge in [0, 0.05) is 72.3 Å². The van der Waals surface area contributed by atoms with Crippen molar-refractivity contribution < 1.29 is 45.0 Å². The molecule has 0 saturated heterocycles. The molecule has 2 unspecified atom stereocenters. The first-order valence-corrected chi connectivity index (χ1v) is 20.1. The Hall–Kier alpha value is -4.70. The molecule has 58 heavy (non-hydrogen) atoms. The zero-order valence-corrected chi connectivity index (χ0v) is 35.3. The van der Waals surface area contributed by atoms with Crippen LogP contribution in [0.1, 0.15) is 125 Å². The van der Waals surface area contributed by atoms with Gasteiger partial charge in [0.25, 0.3) is 0 Å². The number of aliphatic hydroxyl groups is 4. The van der Waals surface area contributed by atoms with Gasteiger partial charge in [-0.15, -0.1) is 0 Å². The number of aliphatic carboxylic acids is 2. The normalized spacial score (nSPS) is 13.4. The van der Waals surface area contributed by atoms with E-state index in [1.807, 2.05) is 52.0 Å². The van der Waals surface area contributed by atoms with Crippen LogP contribution in [0, 0.1) is 13.8 Å². The number of fused-ring (bicyclic) bond motifs is 8. The molecule has 3 aromatic heterocycles. The van der Waals surface area contributed by atoms with Crippen molar-refractivity contribution in [1.82, 2.24) is 25.3 Å². The Kier molecular flexibility index (Phi) is 18.9. The van der Waals surface area contributed by atoms with Crippen LogP contribution in [0.5, 0.6) is 0 Å². The molecule has 0 fully saturated rings. The van der Waals surface area contributed by atoms with Crippen molar-refractivity contribution in [2.75, 3.05) is 39.5 Å². The van der Waals surface area contributed by atoms with Crippen LogP contribution in [0.4, 0.5) is 0 Å². The van der Waals surface area contributed by atoms with Crippen LogP contribution in [0.25, 0.3) is 44.4 Å². The summed E-state index contributed by atoms with van der Waals surface area (Å²) in [5, 5.41) is 59.6. The molecule has 5 rings (SSSR count). The number of nitrogens with one attached hydrogen (secondary N) is 3. The van der Waals surface area contributed by atoms with Gasteiger partial charge in [-0.05, 0) is 125 Å². The number of H-pyrrole nitrogens is 2. The highest BCUT2D eigenvalue weighted by molar-refractivity contribution is 5.96. The van der Waals surface area contributed by atoms with Crippen molar-refractivity contribution in [3.05, 3.63) is 69.3 Å². The van der Waals surface area contributed by atoms with E-state index in [0.29, 0.717) is 58.0 Å². The Balaban J connectivity index is 0.000000550. The zero-order valence-electron chi connectivity index (χ0n) is 35.3. The van der Waals surface area contributed by atoms with E-state index < -0.39 is 24.1 Å². The van der Waals surface area contributed by atoms with Crippen LogP contribution >= 0.6 is 0 Å². The summed E-state index contributed by atoms with van der Waals surface area (Å²) in [5.74, 6) is -1.83. The molecule has 2 atom stereocenters. The first-order valence-electron chi connectivity index (χ1n) is 20.1. The van der Waals surface area contributed by atoms with E-state index in [4.69, 9.17) is 24.9 Å². The van der Waals surface area contributed by atoms with E-state index in [2.05, 4.69) is 29.1 Å². The lowest BCUT2D eigenvalue weighted by Crippen LogP contribution is -2.21. The van der Waals surface area contributed by atoms with E-state index in [-0.39, 0.29) is 38.9 Å². The summed E-state index contributed by atoms with van der Waals surface area (Å²) in [5.41, 5.74) is 11.7. The average Bonchev–Trinajstić information content (AvgIpc) is 3.83. The summed E-state index contributed by atoms with van der Waals surface area (Å²) in [7, 11) is 0. The summed E-state index contributed by atoms with van der Waals surface area (Å²) in [6, 6.07) is 7.51. The average molecular weight is 806 g/mol. The second-order valence-electron chi connectivity index (χ2n) is 14.5. The third kappa shape index (κ3) is 12.6. The first-order chi connectivity index (χ1) is 27.6. The lowest BCUT2D eigenvalue weighted by molar-refractivity contribution is -0.137. The Morgan fingerprint density at radius 3 is 1.74 bits per heavy atom. The number of ether oxygens (including phenoxy) is 1. The number of aromatic amines is 2. The minimum atomic E-state index is -0.917. The topological polar surface area (TPSA) is 234 Å². The van der Waals surface area contributed by atoms with Crippen LogP contribution in [0.3, 0.4) is 0 Å². The molecule has 0 aliphatic carbocycles. The highest BCUT2D eigenvalue weighted by atomic mass is 16.5. The summed E-state index contributed by atoms with van der Waals surface area (Å²) >= 11 is 0. The highest BCUT2D eigenvalue weighted by Gasteiger charge is 2.24. The number of rotatable bonds is 16. The van der Waals surface area contributed by atoms with E-state index in [9.17, 15) is 30.0 Å². The molecule has 0 aromatic carbocycles. The van der Waals surface area contributed by atoms with Gasteiger partial charge >= 0.3 is 11.9 Å². The molecule has 0 radical (unpaired) electrons. The number of aromatic nitrogens is 4. The highest BCUT2D eigenvalue weighted by Crippen LogP contribution is 2.37. The van der Waals surface area contributed by atoms with Gasteiger partial charge in [0.2, 0.25) is 0 Å². The van der Waals surface area contributed by atoms with Crippen LogP contribution in [-0.4, -0.2) is 108 Å². The number of hydrogen-bond acceptors (Lipinski definition) is 10. The molecule has 0 spiro atoms. The number of hydrogen-bond donors (Lipinski definition) is 9. The Labute approximate surface area is 340 Å². The molecule has 14 heteroatoms. The third-order valence-electron chi connectivity index (χ3n) is 9.92. The van der Waals surface area contributed by atoms with E-state index in [0.717, 1.165) is 70.5 Å². The fourth-order valence-corrected chi connectivity index (χ4v) is 6.99. The minimum absolute atomic E-state index is 0.0628. The summed E-state index contributed by atoms with van der Waals surface area (Å²) in [6.45, 7) is 18.6. The van der Waals surface area contributed by atoms with Crippen molar-refractivity contribution in [3.8, 4) is 0 Å². The van der Waals surface area contributed by atoms with Gasteiger partial charge < -0.3 is 50.7 Å². The summed E-state index contributed by atoms with van der Waals surface area (Å²) < 4.78 is 5.13. The summed E-state index contributed by atoms with van der Waals surface area (Å²) in [6.07, 6.45) is 1.12. The van der Waals surface area contributed by atoms with Crippen LogP contribution in [-0.2, 0) is 20.7 Å². The Morgan fingerprint density at radius 1 is 0.690 bits per heavy atom. The van der Waals surface area contributed by atoms with E-state index in [1.165, 1.54) is 0 Å². The number of allylic oxidation sites excluding steroid dienone is 3. The predicted octanol–water partition coefficient (Wildman–Crippen LogP) is 6.49. The summed E-state index contributed by atoms with van der Waals surface area (Å²) in [4.78, 5) is 39.8. The number of aryl methyl sites for hydroxylation is 3. The lowest BCUT2D eigenvalue weighted by atomic mass is 9.99. The van der Waals surface area contributed by atoms with Gasteiger partial charge in [-0.1, -0.05) is 13.8 Å². The van der Waals surface area contributed by atoms with Crippen molar-refractivity contribution in [3.63, 3.8) is 0 Å². The van der Waals surface area contributed by atoms with Crippen LogP contribution in [0.15, 0.2) is 24.3 Å². The van der Waals surface area contributed by atoms with Gasteiger partial charge in [0.15, 0.2) is 0 Å². The van der Waals surface area contributed by atoms with Crippen molar-refractivity contribution in [2.24, 2.45) is 0 Å². The van der Waals surface area contributed by atoms with Crippen molar-refractivity contribution in [1.29, 1.82) is 0 Å². The number of carbonyl (C=O) groups is 2. The molecule has 9 N–H and O–H groups in total. The van der Waals surface area contributed by atoms with Crippen molar-refractivity contribution in [2.45, 2.75) is 106 Å². The van der Waals surface area contributed by atoms with Gasteiger partial charge in [-0.25, -0.2) is 9.97 Å². The number of aliphatic hydroxyl groups excluding tert-OH is 4. The molecule has 2 aliphatic rings. The largest absolute Gasteiger partial charge is 0.481 e. The molecule has 5 heterocycles. The van der Waals surface area contributed by atoms with Crippen LogP contribution in [0.2, 0.25) is 0 Å². The monoisotopic (exact) mass is 805 g/mol. The molecule has 0 saturated carbocycles. The molecule has 14 nitrogen and oxygen atoms in total. The SMILES string of the molecule is CC1=C(CCC(=O)O)c2cc3[nH]c(cc4nc(cc5[nH]c(cc1n2)c(C(C)O)c5C)C(C(C)O)=C4C)c(C)c3CCC(=O)O.CCCOCCC.OCCNCCO. The fourth-order valence-electron chi connectivity index (χ4n) is 6.99. The number of carboxylic acid groups (broad SMARTS) is 2. The zero-order chi connectivity index (χ0) is 43.1. The van der Waals surface area contributed by atoms with E-state index >= 15 is 0 Å². The smallest absolute Gasteiger partial charge is 0.303 e. The van der Waals surface area contributed by atoms with Gasteiger partial charge in [-0.2, -0.15) is 0 Å². The maximum atomic E-state index is 11.6. The molecule has 3 aromatic rings. The second-order valence-corrected chi connectivity index (χ2v) is 14.5. The van der Waals surface area contributed by atoms with Gasteiger partial charge in [-0.3, -0.25) is 9.59 Å². The standard InChI is InChI=1S/C34H38N4O6.C6H14O.C4H11NO2/c1-15-21(7-9-31(41)42)27-14-28-22(8-10-32(43)44)16(2)24(36-28)12-29-34(20(6)40)18(4)26(38-29)13-30-33(19(5)39)17(3)25(37-30)11-23(15)35-27;1-3-5-7-6-4-2;6-3-1-5-2-4-7/h11-14,19-20,35,38-40H,7-10H2,1-6H3,(H,41,42)(H,43,44);3-6H2,1-2H3;5-7H,1-4H2. The maximum Gasteiger partial charge on any atom is 0.303 e. The second kappa shape index (κ2) is 23.0. The third-order valence-corrected chi connectivity index (χ3v) is 9.92. The van der Waals surface area contributed by atoms with Crippen molar-refractivity contribution >= 4 is 56.3 Å². The molecule has 2 aliphatic heterocycles. The lowest BCUT2D eigenvalue weighted by Gasteiger charge is -2.07. The maximum absolute atomic E-state index is 11.6. The Morgan fingerprint density at radius 2 is 1.19 bits per heavy atom. The van der Waals surface area contributed by atoms with Gasteiger partial charge in [0.1, 0.15) is 0 Å². The number of carboxylic acids is 2. The molecule has 0 amide bonds. The first kappa shape index (κ1) is 47.7. The predicted molar refractivity (Wildman–Crippen MR) is 229 cm³/mol.